The Bertz CT molecular complexity index is 698. The Morgan fingerprint density at radius 3 is 2.50 bits per heavy atom. The molecular formula is C17H19N3O2. The number of aryl methyl sites for hydroxylation is 1. The highest BCUT2D eigenvalue weighted by atomic mass is 16.2. The average Bonchev–Trinajstić information content (AvgIpc) is 2.47. The molecule has 2 rings (SSSR count). The smallest absolute Gasteiger partial charge is 0.316 e. The molecule has 5 heteroatoms. The van der Waals surface area contributed by atoms with Gasteiger partial charge in [0.1, 0.15) is 0 Å². The maximum Gasteiger partial charge on any atom is 0.316 e. The summed E-state index contributed by atoms with van der Waals surface area (Å²) < 4.78 is 0. The summed E-state index contributed by atoms with van der Waals surface area (Å²) in [4.78, 5) is 23.2. The predicted molar refractivity (Wildman–Crippen MR) is 86.7 cm³/mol. The third-order valence-corrected chi connectivity index (χ3v) is 3.39. The molecule has 5 nitrogen and oxygen atoms in total. The zero-order valence-corrected chi connectivity index (χ0v) is 12.6. The zero-order valence-electron chi connectivity index (χ0n) is 12.6. The maximum absolute atomic E-state index is 12.3. The minimum absolute atomic E-state index is 0.110. The van der Waals surface area contributed by atoms with Crippen molar-refractivity contribution >= 4 is 17.6 Å². The van der Waals surface area contributed by atoms with E-state index in [1.807, 2.05) is 38.1 Å². The summed E-state index contributed by atoms with van der Waals surface area (Å²) in [7, 11) is 0. The number of urea groups is 1. The normalized spacial score (nSPS) is 11.5. The van der Waals surface area contributed by atoms with Gasteiger partial charge in [-0.1, -0.05) is 30.3 Å². The maximum atomic E-state index is 12.3. The summed E-state index contributed by atoms with van der Waals surface area (Å²) in [6.45, 7) is 3.95. The molecular weight excluding hydrogens is 278 g/mol. The molecule has 0 saturated heterocycles. The van der Waals surface area contributed by atoms with E-state index < -0.39 is 6.03 Å². The van der Waals surface area contributed by atoms with Crippen LogP contribution in [0.4, 0.5) is 10.5 Å². The Morgan fingerprint density at radius 2 is 1.82 bits per heavy atom. The molecule has 0 fully saturated rings. The Kier molecular flexibility index (Phi) is 4.78. The second-order valence-electron chi connectivity index (χ2n) is 5.12. The number of hydrogen-bond donors (Lipinski definition) is 3. The summed E-state index contributed by atoms with van der Waals surface area (Å²) in [5.41, 5.74) is 8.22. The van der Waals surface area contributed by atoms with Gasteiger partial charge in [0.15, 0.2) is 0 Å². The highest BCUT2D eigenvalue weighted by Crippen LogP contribution is 2.18. The van der Waals surface area contributed by atoms with Crippen LogP contribution in [0, 0.1) is 6.92 Å². The van der Waals surface area contributed by atoms with Gasteiger partial charge < -0.3 is 16.4 Å². The van der Waals surface area contributed by atoms with Crippen molar-refractivity contribution in [2.75, 3.05) is 5.32 Å². The van der Waals surface area contributed by atoms with Crippen LogP contribution in [0.15, 0.2) is 48.5 Å². The Hall–Kier alpha value is -2.82. The van der Waals surface area contributed by atoms with Crippen LogP contribution in [0.1, 0.15) is 34.5 Å². The van der Waals surface area contributed by atoms with Gasteiger partial charge in [-0.05, 0) is 43.2 Å². The number of benzene rings is 2. The molecule has 0 aliphatic carbocycles. The molecule has 0 saturated carbocycles. The highest BCUT2D eigenvalue weighted by Gasteiger charge is 2.13. The highest BCUT2D eigenvalue weighted by molar-refractivity contribution is 5.96. The van der Waals surface area contributed by atoms with Crippen molar-refractivity contribution in [1.82, 2.24) is 5.32 Å². The minimum Gasteiger partial charge on any atom is -0.351 e. The van der Waals surface area contributed by atoms with Gasteiger partial charge in [0.05, 0.1) is 6.04 Å². The molecule has 3 amide bonds. The molecule has 0 heterocycles. The Labute approximate surface area is 129 Å². The van der Waals surface area contributed by atoms with Gasteiger partial charge in [-0.2, -0.15) is 0 Å². The van der Waals surface area contributed by atoms with Gasteiger partial charge in [0, 0.05) is 11.3 Å². The standard InChI is InChI=1S/C17H19N3O2/c1-11-6-3-4-9-15(11)12(2)19-16(21)13-7-5-8-14(10-13)20-17(18)22/h3-10,12H,1-2H3,(H,19,21)(H3,18,20,22)/t12-/m0/s1. The first-order chi connectivity index (χ1) is 10.5. The molecule has 0 unspecified atom stereocenters. The molecule has 0 bridgehead atoms. The second kappa shape index (κ2) is 6.76. The lowest BCUT2D eigenvalue weighted by Crippen LogP contribution is -2.27. The van der Waals surface area contributed by atoms with Crippen LogP contribution >= 0.6 is 0 Å². The molecule has 0 radical (unpaired) electrons. The Morgan fingerprint density at radius 1 is 1.09 bits per heavy atom. The van der Waals surface area contributed by atoms with E-state index in [0.29, 0.717) is 11.3 Å². The number of amides is 3. The number of hydrogen-bond acceptors (Lipinski definition) is 2. The van der Waals surface area contributed by atoms with Gasteiger partial charge in [-0.3, -0.25) is 4.79 Å². The second-order valence-corrected chi connectivity index (χ2v) is 5.12. The molecule has 4 N–H and O–H groups in total. The van der Waals surface area contributed by atoms with E-state index in [2.05, 4.69) is 10.6 Å². The van der Waals surface area contributed by atoms with Crippen LogP contribution in [0.25, 0.3) is 0 Å². The number of carbonyl (C=O) groups is 2. The minimum atomic E-state index is -0.661. The summed E-state index contributed by atoms with van der Waals surface area (Å²) in [5, 5.41) is 5.40. The van der Waals surface area contributed by atoms with Gasteiger partial charge >= 0.3 is 6.03 Å². The average molecular weight is 297 g/mol. The predicted octanol–water partition coefficient (Wildman–Crippen LogP) is 2.98. The largest absolute Gasteiger partial charge is 0.351 e. The Balaban J connectivity index is 2.12. The first kappa shape index (κ1) is 15.6. The van der Waals surface area contributed by atoms with Crippen LogP contribution in [0.5, 0.6) is 0 Å². The van der Waals surface area contributed by atoms with E-state index in [1.54, 1.807) is 24.3 Å². The molecule has 0 aliphatic rings. The van der Waals surface area contributed by atoms with E-state index in [-0.39, 0.29) is 11.9 Å². The van der Waals surface area contributed by atoms with Gasteiger partial charge in [-0.15, -0.1) is 0 Å². The number of primary amides is 1. The van der Waals surface area contributed by atoms with E-state index in [1.165, 1.54) is 0 Å². The van der Waals surface area contributed by atoms with Crippen molar-refractivity contribution in [2.45, 2.75) is 19.9 Å². The zero-order chi connectivity index (χ0) is 16.1. The van der Waals surface area contributed by atoms with Crippen molar-refractivity contribution in [3.05, 3.63) is 65.2 Å². The van der Waals surface area contributed by atoms with E-state index in [0.717, 1.165) is 11.1 Å². The third kappa shape index (κ3) is 3.85. The monoisotopic (exact) mass is 297 g/mol. The third-order valence-electron chi connectivity index (χ3n) is 3.39. The lowest BCUT2D eigenvalue weighted by atomic mass is 10.0. The van der Waals surface area contributed by atoms with E-state index in [4.69, 9.17) is 5.73 Å². The van der Waals surface area contributed by atoms with Crippen molar-refractivity contribution in [1.29, 1.82) is 0 Å². The van der Waals surface area contributed by atoms with Crippen molar-refractivity contribution in [2.24, 2.45) is 5.73 Å². The summed E-state index contributed by atoms with van der Waals surface area (Å²) in [6.07, 6.45) is 0. The summed E-state index contributed by atoms with van der Waals surface area (Å²) in [5.74, 6) is -0.205. The number of nitrogens with one attached hydrogen (secondary N) is 2. The van der Waals surface area contributed by atoms with Gasteiger partial charge in [0.2, 0.25) is 0 Å². The number of nitrogens with two attached hydrogens (primary N) is 1. The van der Waals surface area contributed by atoms with Crippen LogP contribution in [-0.4, -0.2) is 11.9 Å². The van der Waals surface area contributed by atoms with Crippen LogP contribution in [-0.2, 0) is 0 Å². The lowest BCUT2D eigenvalue weighted by Gasteiger charge is -2.17. The molecule has 0 aliphatic heterocycles. The van der Waals surface area contributed by atoms with Crippen molar-refractivity contribution in [3.63, 3.8) is 0 Å². The number of anilines is 1. The van der Waals surface area contributed by atoms with E-state index >= 15 is 0 Å². The molecule has 0 aromatic heterocycles. The van der Waals surface area contributed by atoms with Gasteiger partial charge in [0.25, 0.3) is 5.91 Å². The molecule has 0 spiro atoms. The SMILES string of the molecule is Cc1ccccc1[C@H](C)NC(=O)c1cccc(NC(N)=O)c1. The first-order valence-electron chi connectivity index (χ1n) is 7.00. The molecule has 114 valence electrons. The van der Waals surface area contributed by atoms with E-state index in [9.17, 15) is 9.59 Å². The lowest BCUT2D eigenvalue weighted by molar-refractivity contribution is 0.0940. The molecule has 1 atom stereocenters. The quantitative estimate of drug-likeness (QED) is 0.810. The fourth-order valence-corrected chi connectivity index (χ4v) is 2.31. The number of carbonyl (C=O) groups excluding carboxylic acids is 2. The molecule has 22 heavy (non-hydrogen) atoms. The van der Waals surface area contributed by atoms with Crippen molar-refractivity contribution < 1.29 is 9.59 Å². The number of rotatable bonds is 4. The molecule has 2 aromatic rings. The fraction of sp³-hybridized carbons (Fsp3) is 0.176. The van der Waals surface area contributed by atoms with Crippen LogP contribution < -0.4 is 16.4 Å². The fourth-order valence-electron chi connectivity index (χ4n) is 2.31. The topological polar surface area (TPSA) is 84.2 Å². The molecule has 2 aromatic carbocycles. The van der Waals surface area contributed by atoms with Crippen molar-refractivity contribution in [3.8, 4) is 0 Å². The van der Waals surface area contributed by atoms with Crippen LogP contribution in [0.3, 0.4) is 0 Å². The first-order valence-corrected chi connectivity index (χ1v) is 7.00. The van der Waals surface area contributed by atoms with Gasteiger partial charge in [-0.25, -0.2) is 4.79 Å². The summed E-state index contributed by atoms with van der Waals surface area (Å²) >= 11 is 0. The summed E-state index contributed by atoms with van der Waals surface area (Å²) in [6, 6.07) is 13.8. The van der Waals surface area contributed by atoms with Crippen LogP contribution in [0.2, 0.25) is 0 Å².